The van der Waals surface area contributed by atoms with Gasteiger partial charge in [0.25, 0.3) is 0 Å². The van der Waals surface area contributed by atoms with Gasteiger partial charge in [0, 0.05) is 16.7 Å². The molecule has 4 rings (SSSR count). The van der Waals surface area contributed by atoms with E-state index in [9.17, 15) is 22.9 Å². The minimum absolute atomic E-state index is 0.150. The molecule has 1 atom stereocenters. The van der Waals surface area contributed by atoms with Crippen LogP contribution in [0, 0.1) is 15.9 Å². The molecule has 1 aromatic heterocycles. The van der Waals surface area contributed by atoms with Gasteiger partial charge in [-0.2, -0.15) is 0 Å². The molecular weight excluding hydrogens is 429 g/mol. The molecule has 0 fully saturated rings. The van der Waals surface area contributed by atoms with Gasteiger partial charge < -0.3 is 5.32 Å². The molecule has 10 heteroatoms. The number of halogens is 1. The predicted octanol–water partition coefficient (Wildman–Crippen LogP) is 4.75. The molecule has 7 nitrogen and oxygen atoms in total. The second-order valence-corrected chi connectivity index (χ2v) is 10.2. The number of aromatic nitrogens is 1. The fourth-order valence-electron chi connectivity index (χ4n) is 3.59. The van der Waals surface area contributed by atoms with E-state index >= 15 is 0 Å². The van der Waals surface area contributed by atoms with Crippen LogP contribution in [0.1, 0.15) is 29.5 Å². The number of hydrogen-bond acceptors (Lipinski definition) is 7. The zero-order valence-corrected chi connectivity index (χ0v) is 17.6. The third-order valence-corrected chi connectivity index (χ3v) is 7.26. The lowest BCUT2D eigenvalue weighted by Crippen LogP contribution is -2.18. The van der Waals surface area contributed by atoms with Crippen LogP contribution in [-0.4, -0.2) is 24.6 Å². The quantitative estimate of drug-likeness (QED) is 0.447. The zero-order chi connectivity index (χ0) is 21.5. The highest BCUT2D eigenvalue weighted by atomic mass is 32.2. The number of fused-ring (bicyclic) bond motifs is 1. The van der Waals surface area contributed by atoms with E-state index < -0.39 is 20.4 Å². The smallest absolute Gasteiger partial charge is 0.310 e. The monoisotopic (exact) mass is 447 g/mol. The van der Waals surface area contributed by atoms with Gasteiger partial charge in [0.2, 0.25) is 0 Å². The standard InChI is InChI=1S/C20H18FN3O4S2/c1-30(27,28)17-7-3-5-15(19(17)24(25)26)22-14-4-2-6-16-18(14)23-20(29-16)12-8-10-13(21)11-9-12/h3,5,7-11,14,22H,2,4,6H2,1H3. The lowest BCUT2D eigenvalue weighted by Gasteiger charge is -2.23. The summed E-state index contributed by atoms with van der Waals surface area (Å²) in [6, 6.07) is 10.0. The minimum Gasteiger partial charge on any atom is -0.371 e. The molecular formula is C20H18FN3O4S2. The summed E-state index contributed by atoms with van der Waals surface area (Å²) in [5, 5.41) is 15.6. The van der Waals surface area contributed by atoms with Crippen molar-refractivity contribution in [3.05, 3.63) is 69.0 Å². The number of thiazole rings is 1. The van der Waals surface area contributed by atoms with Gasteiger partial charge in [-0.3, -0.25) is 10.1 Å². The number of hydrogen-bond donors (Lipinski definition) is 1. The second-order valence-electron chi connectivity index (χ2n) is 7.11. The van der Waals surface area contributed by atoms with E-state index in [4.69, 9.17) is 4.98 Å². The number of anilines is 1. The van der Waals surface area contributed by atoms with E-state index in [0.717, 1.165) is 40.2 Å². The van der Waals surface area contributed by atoms with Crippen LogP contribution in [0.15, 0.2) is 47.4 Å². The van der Waals surface area contributed by atoms with Crippen LogP contribution in [0.3, 0.4) is 0 Å². The average Bonchev–Trinajstić information content (AvgIpc) is 3.13. The third kappa shape index (κ3) is 3.92. The second kappa shape index (κ2) is 7.77. The number of nitro benzene ring substituents is 1. The number of nitrogens with zero attached hydrogens (tertiary/aromatic N) is 2. The first-order valence-corrected chi connectivity index (χ1v) is 11.9. The van der Waals surface area contributed by atoms with Crippen LogP contribution < -0.4 is 5.32 Å². The first-order chi connectivity index (χ1) is 14.2. The molecule has 0 aliphatic heterocycles. The number of aryl methyl sites for hydroxylation is 1. The maximum atomic E-state index is 13.2. The van der Waals surface area contributed by atoms with Crippen molar-refractivity contribution >= 4 is 32.5 Å². The van der Waals surface area contributed by atoms with Gasteiger partial charge in [-0.05, 0) is 55.7 Å². The maximum Gasteiger partial charge on any atom is 0.310 e. The normalized spacial score (nSPS) is 16.1. The first kappa shape index (κ1) is 20.4. The summed E-state index contributed by atoms with van der Waals surface area (Å²) in [6.07, 6.45) is 3.38. The van der Waals surface area contributed by atoms with Crippen LogP contribution in [0.25, 0.3) is 10.6 Å². The van der Waals surface area contributed by atoms with E-state index in [2.05, 4.69) is 5.32 Å². The van der Waals surface area contributed by atoms with E-state index in [-0.39, 0.29) is 22.4 Å². The van der Waals surface area contributed by atoms with Crippen molar-refractivity contribution in [3.63, 3.8) is 0 Å². The molecule has 0 spiro atoms. The molecule has 0 amide bonds. The van der Waals surface area contributed by atoms with Crippen molar-refractivity contribution in [2.24, 2.45) is 0 Å². The van der Waals surface area contributed by atoms with Crippen LogP contribution in [0.4, 0.5) is 15.8 Å². The molecule has 156 valence electrons. The topological polar surface area (TPSA) is 102 Å². The summed E-state index contributed by atoms with van der Waals surface area (Å²) >= 11 is 1.52. The molecule has 30 heavy (non-hydrogen) atoms. The first-order valence-electron chi connectivity index (χ1n) is 9.23. The number of sulfone groups is 1. The van der Waals surface area contributed by atoms with Crippen molar-refractivity contribution in [1.29, 1.82) is 0 Å². The Hall–Kier alpha value is -2.85. The average molecular weight is 448 g/mol. The summed E-state index contributed by atoms with van der Waals surface area (Å²) in [7, 11) is -3.76. The number of nitro groups is 1. The summed E-state index contributed by atoms with van der Waals surface area (Å²) in [4.78, 5) is 16.4. The van der Waals surface area contributed by atoms with Gasteiger partial charge in [0.05, 0.1) is 16.7 Å². The van der Waals surface area contributed by atoms with Gasteiger partial charge in [-0.15, -0.1) is 11.3 Å². The van der Waals surface area contributed by atoms with Gasteiger partial charge in [0.1, 0.15) is 21.4 Å². The molecule has 1 aliphatic carbocycles. The van der Waals surface area contributed by atoms with Crippen molar-refractivity contribution in [1.82, 2.24) is 4.98 Å². The van der Waals surface area contributed by atoms with Crippen molar-refractivity contribution < 1.29 is 17.7 Å². The Kier molecular flexibility index (Phi) is 5.29. The molecule has 1 aliphatic rings. The Balaban J connectivity index is 1.72. The minimum atomic E-state index is -3.76. The number of benzene rings is 2. The maximum absolute atomic E-state index is 13.2. The molecule has 0 saturated heterocycles. The molecule has 3 aromatic rings. The lowest BCUT2D eigenvalue weighted by molar-refractivity contribution is -0.386. The Labute approximate surface area is 176 Å². The highest BCUT2D eigenvalue weighted by Gasteiger charge is 2.30. The predicted molar refractivity (Wildman–Crippen MR) is 113 cm³/mol. The van der Waals surface area contributed by atoms with Crippen LogP contribution in [-0.2, 0) is 16.3 Å². The molecule has 2 aromatic carbocycles. The Bertz CT molecular complexity index is 1220. The highest BCUT2D eigenvalue weighted by molar-refractivity contribution is 7.90. The highest BCUT2D eigenvalue weighted by Crippen LogP contribution is 2.41. The molecule has 1 heterocycles. The van der Waals surface area contributed by atoms with Gasteiger partial charge in [-0.1, -0.05) is 6.07 Å². The van der Waals surface area contributed by atoms with E-state index in [1.807, 2.05) is 0 Å². The number of nitrogens with one attached hydrogen (secondary N) is 1. The summed E-state index contributed by atoms with van der Waals surface area (Å²) in [5.41, 5.74) is 1.29. The Morgan fingerprint density at radius 3 is 2.63 bits per heavy atom. The van der Waals surface area contributed by atoms with E-state index in [1.165, 1.54) is 41.7 Å². The zero-order valence-electron chi connectivity index (χ0n) is 16.0. The summed E-state index contributed by atoms with van der Waals surface area (Å²) in [5.74, 6) is -0.322. The van der Waals surface area contributed by atoms with E-state index in [0.29, 0.717) is 6.42 Å². The molecule has 1 unspecified atom stereocenters. The molecule has 0 bridgehead atoms. The lowest BCUT2D eigenvalue weighted by atomic mass is 9.97. The Morgan fingerprint density at radius 1 is 1.23 bits per heavy atom. The van der Waals surface area contributed by atoms with Crippen molar-refractivity contribution in [2.75, 3.05) is 11.6 Å². The molecule has 0 radical (unpaired) electrons. The van der Waals surface area contributed by atoms with E-state index in [1.54, 1.807) is 12.1 Å². The van der Waals surface area contributed by atoms with Gasteiger partial charge >= 0.3 is 5.69 Å². The summed E-state index contributed by atoms with van der Waals surface area (Å²) in [6.45, 7) is 0. The molecule has 1 N–H and O–H groups in total. The fraction of sp³-hybridized carbons (Fsp3) is 0.250. The largest absolute Gasteiger partial charge is 0.371 e. The van der Waals surface area contributed by atoms with Crippen molar-refractivity contribution in [3.8, 4) is 10.6 Å². The van der Waals surface area contributed by atoms with Gasteiger partial charge in [-0.25, -0.2) is 17.8 Å². The SMILES string of the molecule is CS(=O)(=O)c1cccc(NC2CCCc3sc(-c4ccc(F)cc4)nc32)c1[N+](=O)[O-]. The van der Waals surface area contributed by atoms with Crippen LogP contribution in [0.2, 0.25) is 0 Å². The summed E-state index contributed by atoms with van der Waals surface area (Å²) < 4.78 is 37.3. The Morgan fingerprint density at radius 2 is 1.97 bits per heavy atom. The number of rotatable bonds is 5. The van der Waals surface area contributed by atoms with Crippen LogP contribution in [0.5, 0.6) is 0 Å². The van der Waals surface area contributed by atoms with Crippen molar-refractivity contribution in [2.45, 2.75) is 30.2 Å². The fourth-order valence-corrected chi connectivity index (χ4v) is 5.62. The third-order valence-electron chi connectivity index (χ3n) is 4.96. The van der Waals surface area contributed by atoms with Crippen LogP contribution >= 0.6 is 11.3 Å². The molecule has 0 saturated carbocycles. The number of para-hydroxylation sites is 1. The van der Waals surface area contributed by atoms with Gasteiger partial charge in [0.15, 0.2) is 9.84 Å².